The van der Waals surface area contributed by atoms with Crippen LogP contribution in [0.15, 0.2) is 36.5 Å². The molecule has 3 rings (SSSR count). The van der Waals surface area contributed by atoms with Crippen molar-refractivity contribution in [3.63, 3.8) is 0 Å². The van der Waals surface area contributed by atoms with Crippen LogP contribution in [0.2, 0.25) is 0 Å². The van der Waals surface area contributed by atoms with Gasteiger partial charge in [-0.05, 0) is 50.6 Å². The number of benzene rings is 1. The Balaban J connectivity index is 1.82. The zero-order chi connectivity index (χ0) is 20.3. The normalized spacial score (nSPS) is 13.0. The predicted molar refractivity (Wildman–Crippen MR) is 104 cm³/mol. The summed E-state index contributed by atoms with van der Waals surface area (Å²) in [6.07, 6.45) is 1.66. The highest BCUT2D eigenvalue weighted by atomic mass is 16.5. The van der Waals surface area contributed by atoms with Crippen LogP contribution < -0.4 is 20.3 Å². The lowest BCUT2D eigenvalue weighted by molar-refractivity contribution is -0.125. The molecular formula is C20H22N4O4. The van der Waals surface area contributed by atoms with Crippen LogP contribution >= 0.6 is 0 Å². The summed E-state index contributed by atoms with van der Waals surface area (Å²) in [4.78, 5) is 42.5. The van der Waals surface area contributed by atoms with Crippen molar-refractivity contribution in [1.82, 2.24) is 10.3 Å². The summed E-state index contributed by atoms with van der Waals surface area (Å²) >= 11 is 0. The Hall–Kier alpha value is -3.42. The molecule has 146 valence electrons. The van der Waals surface area contributed by atoms with Crippen LogP contribution in [0.4, 0.5) is 11.5 Å². The van der Waals surface area contributed by atoms with Crippen LogP contribution in [0.1, 0.15) is 29.8 Å². The molecule has 0 saturated carbocycles. The van der Waals surface area contributed by atoms with Gasteiger partial charge in [0.15, 0.2) is 6.61 Å². The zero-order valence-electron chi connectivity index (χ0n) is 16.0. The summed E-state index contributed by atoms with van der Waals surface area (Å²) in [6.45, 7) is 5.30. The molecule has 1 aromatic heterocycles. The molecule has 0 spiro atoms. The molecule has 28 heavy (non-hydrogen) atoms. The van der Waals surface area contributed by atoms with Gasteiger partial charge in [-0.1, -0.05) is 6.07 Å². The first-order valence-corrected chi connectivity index (χ1v) is 8.94. The molecule has 1 aliphatic rings. The van der Waals surface area contributed by atoms with Crippen LogP contribution in [-0.2, 0) is 9.59 Å². The minimum atomic E-state index is -0.372. The van der Waals surface area contributed by atoms with E-state index in [9.17, 15) is 14.4 Å². The summed E-state index contributed by atoms with van der Waals surface area (Å²) in [5.74, 6) is -0.126. The van der Waals surface area contributed by atoms with E-state index in [0.29, 0.717) is 22.8 Å². The molecule has 0 bridgehead atoms. The number of nitrogens with one attached hydrogen (secondary N) is 2. The third-order valence-corrected chi connectivity index (χ3v) is 4.07. The molecule has 0 aliphatic carbocycles. The van der Waals surface area contributed by atoms with Gasteiger partial charge < -0.3 is 15.4 Å². The molecule has 2 aromatic rings. The number of amides is 3. The summed E-state index contributed by atoms with van der Waals surface area (Å²) in [5, 5.41) is 5.47. The Morgan fingerprint density at radius 3 is 2.71 bits per heavy atom. The van der Waals surface area contributed by atoms with Gasteiger partial charge in [0.2, 0.25) is 5.91 Å². The van der Waals surface area contributed by atoms with Crippen LogP contribution in [0.5, 0.6) is 5.75 Å². The molecule has 1 aliphatic heterocycles. The van der Waals surface area contributed by atoms with E-state index in [1.165, 1.54) is 4.90 Å². The summed E-state index contributed by atoms with van der Waals surface area (Å²) in [7, 11) is 0. The van der Waals surface area contributed by atoms with E-state index in [0.717, 1.165) is 5.56 Å². The van der Waals surface area contributed by atoms with E-state index in [4.69, 9.17) is 4.74 Å². The minimum absolute atomic E-state index is 0.0396. The molecule has 8 nitrogen and oxygen atoms in total. The second kappa shape index (κ2) is 8.08. The number of nitrogens with zero attached hydrogens (tertiary/aromatic N) is 2. The number of carbonyl (C=O) groups is 3. The molecule has 0 radical (unpaired) electrons. The van der Waals surface area contributed by atoms with Crippen molar-refractivity contribution in [3.05, 3.63) is 47.7 Å². The lowest BCUT2D eigenvalue weighted by atomic mass is 10.1. The summed E-state index contributed by atoms with van der Waals surface area (Å²) in [5.41, 5.74) is 1.70. The quantitative estimate of drug-likeness (QED) is 0.823. The summed E-state index contributed by atoms with van der Waals surface area (Å²) in [6, 6.07) is 8.27. The summed E-state index contributed by atoms with van der Waals surface area (Å²) < 4.78 is 5.43. The van der Waals surface area contributed by atoms with E-state index in [1.807, 2.05) is 26.8 Å². The van der Waals surface area contributed by atoms with Crippen LogP contribution in [-0.4, -0.2) is 41.9 Å². The monoisotopic (exact) mass is 382 g/mol. The van der Waals surface area contributed by atoms with Crippen molar-refractivity contribution in [2.24, 2.45) is 0 Å². The molecule has 8 heteroatoms. The fourth-order valence-electron chi connectivity index (χ4n) is 2.76. The van der Waals surface area contributed by atoms with Gasteiger partial charge in [-0.25, -0.2) is 4.98 Å². The lowest BCUT2D eigenvalue weighted by Gasteiger charge is -2.29. The van der Waals surface area contributed by atoms with Gasteiger partial charge in [0.25, 0.3) is 11.8 Å². The number of rotatable bonds is 5. The van der Waals surface area contributed by atoms with E-state index >= 15 is 0 Å². The highest BCUT2D eigenvalue weighted by Crippen LogP contribution is 2.33. The number of pyridine rings is 1. The van der Waals surface area contributed by atoms with Crippen molar-refractivity contribution in [3.8, 4) is 5.75 Å². The van der Waals surface area contributed by atoms with Gasteiger partial charge in [0.05, 0.1) is 5.69 Å². The predicted octanol–water partition coefficient (Wildman–Crippen LogP) is 1.89. The van der Waals surface area contributed by atoms with Crippen molar-refractivity contribution in [2.45, 2.75) is 26.8 Å². The van der Waals surface area contributed by atoms with Gasteiger partial charge in [-0.15, -0.1) is 0 Å². The molecule has 3 amide bonds. The maximum Gasteiger partial charge on any atom is 0.265 e. The SMILES string of the molecule is Cc1ccc(NC(=O)c2ccc3c(c2)N(CC(=O)NC(C)C)C(=O)CO3)nc1. The number of aryl methyl sites for hydroxylation is 1. The van der Waals surface area contributed by atoms with Crippen LogP contribution in [0.25, 0.3) is 0 Å². The zero-order valence-corrected chi connectivity index (χ0v) is 16.0. The molecule has 2 N–H and O–H groups in total. The first kappa shape index (κ1) is 19.3. The Kier molecular flexibility index (Phi) is 5.58. The van der Waals surface area contributed by atoms with Gasteiger partial charge >= 0.3 is 0 Å². The number of aromatic nitrogens is 1. The Morgan fingerprint density at radius 1 is 1.25 bits per heavy atom. The van der Waals surface area contributed by atoms with Crippen molar-refractivity contribution in [2.75, 3.05) is 23.4 Å². The number of ether oxygens (including phenoxy) is 1. The Labute approximate surface area is 162 Å². The molecular weight excluding hydrogens is 360 g/mol. The Morgan fingerprint density at radius 2 is 2.04 bits per heavy atom. The molecule has 0 fully saturated rings. The topological polar surface area (TPSA) is 101 Å². The maximum atomic E-state index is 12.6. The fraction of sp³-hybridized carbons (Fsp3) is 0.300. The lowest BCUT2D eigenvalue weighted by Crippen LogP contribution is -2.46. The van der Waals surface area contributed by atoms with Gasteiger partial charge in [-0.2, -0.15) is 0 Å². The van der Waals surface area contributed by atoms with Crippen LogP contribution in [0, 0.1) is 6.92 Å². The molecule has 0 saturated heterocycles. The van der Waals surface area contributed by atoms with Gasteiger partial charge in [0.1, 0.15) is 18.1 Å². The average Bonchev–Trinajstić information content (AvgIpc) is 2.65. The second-order valence-corrected chi connectivity index (χ2v) is 6.85. The number of hydrogen-bond acceptors (Lipinski definition) is 5. The minimum Gasteiger partial charge on any atom is -0.482 e. The van der Waals surface area contributed by atoms with E-state index < -0.39 is 0 Å². The molecule has 0 unspecified atom stereocenters. The number of carbonyl (C=O) groups excluding carboxylic acids is 3. The number of anilines is 2. The number of fused-ring (bicyclic) bond motifs is 1. The van der Waals surface area contributed by atoms with Crippen molar-refractivity contribution >= 4 is 29.2 Å². The molecule has 1 aromatic carbocycles. The van der Waals surface area contributed by atoms with Gasteiger partial charge in [0, 0.05) is 17.8 Å². The third-order valence-electron chi connectivity index (χ3n) is 4.07. The third kappa shape index (κ3) is 4.46. The first-order valence-electron chi connectivity index (χ1n) is 8.94. The van der Waals surface area contributed by atoms with Crippen LogP contribution in [0.3, 0.4) is 0 Å². The highest BCUT2D eigenvalue weighted by Gasteiger charge is 2.28. The standard InChI is InChI=1S/C20H22N4O4/c1-12(2)22-18(25)10-24-15-8-14(5-6-16(15)28-11-19(24)26)20(27)23-17-7-4-13(3)9-21-17/h4-9,12H,10-11H2,1-3H3,(H,22,25)(H,21,23,27). The highest BCUT2D eigenvalue weighted by molar-refractivity contribution is 6.07. The maximum absolute atomic E-state index is 12.6. The van der Waals surface area contributed by atoms with E-state index in [2.05, 4.69) is 15.6 Å². The second-order valence-electron chi connectivity index (χ2n) is 6.85. The van der Waals surface area contributed by atoms with Gasteiger partial charge in [-0.3, -0.25) is 19.3 Å². The van der Waals surface area contributed by atoms with E-state index in [1.54, 1.807) is 30.5 Å². The van der Waals surface area contributed by atoms with Crippen molar-refractivity contribution < 1.29 is 19.1 Å². The smallest absolute Gasteiger partial charge is 0.265 e. The fourth-order valence-corrected chi connectivity index (χ4v) is 2.76. The molecule has 0 atom stereocenters. The molecule has 2 heterocycles. The Bertz CT molecular complexity index is 909. The largest absolute Gasteiger partial charge is 0.482 e. The first-order chi connectivity index (χ1) is 13.3. The average molecular weight is 382 g/mol. The van der Waals surface area contributed by atoms with Crippen molar-refractivity contribution in [1.29, 1.82) is 0 Å². The number of hydrogen-bond donors (Lipinski definition) is 2. The van der Waals surface area contributed by atoms with E-state index in [-0.39, 0.29) is 36.9 Å².